The fourth-order valence-corrected chi connectivity index (χ4v) is 4.08. The third kappa shape index (κ3) is 8.00. The number of likely N-dealkylation sites (tertiary alicyclic amines) is 1. The third-order valence-corrected chi connectivity index (χ3v) is 5.67. The lowest BCUT2D eigenvalue weighted by molar-refractivity contribution is -0.115. The Labute approximate surface area is 172 Å². The predicted octanol–water partition coefficient (Wildman–Crippen LogP) is 4.40. The van der Waals surface area contributed by atoms with Gasteiger partial charge < -0.3 is 19.7 Å². The van der Waals surface area contributed by atoms with Crippen LogP contribution in [0.2, 0.25) is 0 Å². The van der Waals surface area contributed by atoms with Gasteiger partial charge in [-0.3, -0.25) is 4.79 Å². The van der Waals surface area contributed by atoms with Gasteiger partial charge in [0.15, 0.2) is 0 Å². The summed E-state index contributed by atoms with van der Waals surface area (Å²) in [6.07, 6.45) is 2.26. The summed E-state index contributed by atoms with van der Waals surface area (Å²) < 4.78 is 10.5. The van der Waals surface area contributed by atoms with E-state index in [9.17, 15) is 9.59 Å². The number of hydrogen-bond acceptors (Lipinski definition) is 5. The Balaban J connectivity index is 1.58. The highest BCUT2D eigenvalue weighted by atomic mass is 32.2. The van der Waals surface area contributed by atoms with Crippen molar-refractivity contribution in [2.24, 2.45) is 5.92 Å². The smallest absolute Gasteiger partial charge is 0.410 e. The number of ether oxygens (including phenoxy) is 2. The normalized spacial score (nSPS) is 15.2. The van der Waals surface area contributed by atoms with Crippen molar-refractivity contribution >= 4 is 29.4 Å². The number of piperidine rings is 1. The van der Waals surface area contributed by atoms with Crippen LogP contribution in [0.3, 0.4) is 0 Å². The number of anilines is 1. The Kier molecular flexibility index (Phi) is 8.48. The van der Waals surface area contributed by atoms with Crippen molar-refractivity contribution in [3.05, 3.63) is 24.3 Å². The van der Waals surface area contributed by atoms with E-state index in [0.717, 1.165) is 48.9 Å². The molecule has 0 aliphatic carbocycles. The molecule has 1 saturated heterocycles. The molecule has 1 fully saturated rings. The fourth-order valence-electron chi connectivity index (χ4n) is 2.92. The topological polar surface area (TPSA) is 67.9 Å². The summed E-state index contributed by atoms with van der Waals surface area (Å²) in [7, 11) is 1.62. The van der Waals surface area contributed by atoms with Gasteiger partial charge in [-0.1, -0.05) is 0 Å². The molecule has 0 saturated carbocycles. The molecule has 0 bridgehead atoms. The van der Waals surface area contributed by atoms with Gasteiger partial charge in [0.1, 0.15) is 11.4 Å². The summed E-state index contributed by atoms with van der Waals surface area (Å²) in [5.74, 6) is 3.21. The van der Waals surface area contributed by atoms with Crippen LogP contribution in [-0.2, 0) is 9.53 Å². The van der Waals surface area contributed by atoms with E-state index in [-0.39, 0.29) is 12.0 Å². The first-order valence-corrected chi connectivity index (χ1v) is 10.9. The zero-order chi connectivity index (χ0) is 20.6. The molecule has 7 heteroatoms. The second-order valence-corrected chi connectivity index (χ2v) is 9.16. The van der Waals surface area contributed by atoms with Gasteiger partial charge in [0.2, 0.25) is 5.91 Å². The van der Waals surface area contributed by atoms with E-state index in [4.69, 9.17) is 9.47 Å². The number of benzene rings is 1. The fraction of sp³-hybridized carbons (Fsp3) is 0.619. The third-order valence-electron chi connectivity index (χ3n) is 4.47. The van der Waals surface area contributed by atoms with E-state index >= 15 is 0 Å². The largest absolute Gasteiger partial charge is 0.497 e. The summed E-state index contributed by atoms with van der Waals surface area (Å²) in [6, 6.07) is 7.33. The van der Waals surface area contributed by atoms with Crippen molar-refractivity contribution in [2.75, 3.05) is 37.0 Å². The van der Waals surface area contributed by atoms with Crippen molar-refractivity contribution < 1.29 is 19.1 Å². The van der Waals surface area contributed by atoms with Crippen LogP contribution in [0.15, 0.2) is 24.3 Å². The minimum Gasteiger partial charge on any atom is -0.497 e. The van der Waals surface area contributed by atoms with Gasteiger partial charge in [0.05, 0.1) is 7.11 Å². The first kappa shape index (κ1) is 22.4. The van der Waals surface area contributed by atoms with Crippen LogP contribution in [0, 0.1) is 5.92 Å². The van der Waals surface area contributed by atoms with Crippen LogP contribution < -0.4 is 10.1 Å². The predicted molar refractivity (Wildman–Crippen MR) is 114 cm³/mol. The number of amides is 2. The highest BCUT2D eigenvalue weighted by molar-refractivity contribution is 7.99. The highest BCUT2D eigenvalue weighted by Crippen LogP contribution is 2.23. The number of carbonyl (C=O) groups excluding carboxylic acids is 2. The molecule has 28 heavy (non-hydrogen) atoms. The van der Waals surface area contributed by atoms with E-state index in [2.05, 4.69) is 5.32 Å². The van der Waals surface area contributed by atoms with Gasteiger partial charge in [-0.15, -0.1) is 0 Å². The van der Waals surface area contributed by atoms with Crippen molar-refractivity contribution in [3.8, 4) is 5.75 Å². The van der Waals surface area contributed by atoms with E-state index in [1.54, 1.807) is 12.0 Å². The monoisotopic (exact) mass is 408 g/mol. The summed E-state index contributed by atoms with van der Waals surface area (Å²) >= 11 is 1.81. The molecule has 0 radical (unpaired) electrons. The second-order valence-electron chi connectivity index (χ2n) is 8.01. The molecular formula is C21H32N2O4S. The van der Waals surface area contributed by atoms with Crippen LogP contribution >= 0.6 is 11.8 Å². The Morgan fingerprint density at radius 3 is 2.39 bits per heavy atom. The lowest BCUT2D eigenvalue weighted by atomic mass is 9.99. The zero-order valence-electron chi connectivity index (χ0n) is 17.3. The molecule has 2 amide bonds. The van der Waals surface area contributed by atoms with Crippen molar-refractivity contribution in [1.29, 1.82) is 0 Å². The molecule has 1 aromatic carbocycles. The number of thioether (sulfide) groups is 1. The van der Waals surface area contributed by atoms with Crippen LogP contribution in [0.25, 0.3) is 0 Å². The number of rotatable bonds is 7. The summed E-state index contributed by atoms with van der Waals surface area (Å²) in [5.41, 5.74) is 0.334. The van der Waals surface area contributed by atoms with Crippen molar-refractivity contribution in [1.82, 2.24) is 4.90 Å². The maximum absolute atomic E-state index is 12.1. The molecule has 1 N–H and O–H groups in total. The number of nitrogens with zero attached hydrogens (tertiary/aromatic N) is 1. The molecule has 0 atom stereocenters. The Morgan fingerprint density at radius 1 is 1.18 bits per heavy atom. The van der Waals surface area contributed by atoms with Crippen molar-refractivity contribution in [2.45, 2.75) is 45.6 Å². The molecule has 0 unspecified atom stereocenters. The Morgan fingerprint density at radius 2 is 1.82 bits per heavy atom. The van der Waals surface area contributed by atoms with E-state index in [1.165, 1.54) is 0 Å². The maximum Gasteiger partial charge on any atom is 0.410 e. The molecule has 1 aliphatic heterocycles. The van der Waals surface area contributed by atoms with Crippen LogP contribution in [0.4, 0.5) is 10.5 Å². The van der Waals surface area contributed by atoms with Crippen LogP contribution in [0.1, 0.15) is 40.0 Å². The number of nitrogens with one attached hydrogen (secondary N) is 1. The summed E-state index contributed by atoms with van der Waals surface area (Å²) in [5, 5.41) is 2.90. The molecule has 0 spiro atoms. The molecule has 156 valence electrons. The quantitative estimate of drug-likeness (QED) is 0.677. The lowest BCUT2D eigenvalue weighted by Gasteiger charge is -2.33. The highest BCUT2D eigenvalue weighted by Gasteiger charge is 2.26. The van der Waals surface area contributed by atoms with Gasteiger partial charge in [-0.25, -0.2) is 4.79 Å². The minimum absolute atomic E-state index is 0.0254. The van der Waals surface area contributed by atoms with Gasteiger partial charge >= 0.3 is 6.09 Å². The summed E-state index contributed by atoms with van der Waals surface area (Å²) in [6.45, 7) is 7.16. The molecular weight excluding hydrogens is 376 g/mol. The second kappa shape index (κ2) is 10.6. The number of methoxy groups -OCH3 is 1. The minimum atomic E-state index is -0.448. The number of hydrogen-bond donors (Lipinski definition) is 1. The Bertz CT molecular complexity index is 635. The van der Waals surface area contributed by atoms with Gasteiger partial charge in [-0.2, -0.15) is 11.8 Å². The molecule has 0 aromatic heterocycles. The molecule has 1 aliphatic rings. The molecule has 1 aromatic rings. The Hall–Kier alpha value is -1.89. The molecule has 2 rings (SSSR count). The van der Waals surface area contributed by atoms with E-state index < -0.39 is 5.60 Å². The molecule has 1 heterocycles. The average Bonchev–Trinajstić information content (AvgIpc) is 2.65. The average molecular weight is 409 g/mol. The zero-order valence-corrected chi connectivity index (χ0v) is 18.1. The van der Waals surface area contributed by atoms with E-state index in [1.807, 2.05) is 56.8 Å². The molecule has 6 nitrogen and oxygen atoms in total. The lowest BCUT2D eigenvalue weighted by Crippen LogP contribution is -2.42. The SMILES string of the molecule is COc1ccc(NC(=O)CCSCC2CCN(C(=O)OC(C)(C)C)CC2)cc1. The van der Waals surface area contributed by atoms with Gasteiger partial charge in [-0.05, 0) is 69.5 Å². The van der Waals surface area contributed by atoms with Crippen LogP contribution in [-0.4, -0.2) is 54.2 Å². The van der Waals surface area contributed by atoms with Crippen LogP contribution in [0.5, 0.6) is 5.75 Å². The summed E-state index contributed by atoms with van der Waals surface area (Å²) in [4.78, 5) is 25.9. The standard InChI is InChI=1S/C21H32N2O4S/c1-21(2,3)27-20(25)23-12-9-16(10-13-23)15-28-14-11-19(24)22-17-5-7-18(26-4)8-6-17/h5-8,16H,9-15H2,1-4H3,(H,22,24). The van der Waals surface area contributed by atoms with Crippen molar-refractivity contribution in [3.63, 3.8) is 0 Å². The first-order valence-electron chi connectivity index (χ1n) is 9.76. The first-order chi connectivity index (χ1) is 13.3. The van der Waals surface area contributed by atoms with Gasteiger partial charge in [0, 0.05) is 31.0 Å². The number of carbonyl (C=O) groups is 2. The van der Waals surface area contributed by atoms with Gasteiger partial charge in [0.25, 0.3) is 0 Å². The maximum atomic E-state index is 12.1. The van der Waals surface area contributed by atoms with E-state index in [0.29, 0.717) is 12.3 Å².